The molecule has 0 radical (unpaired) electrons. The zero-order valence-electron chi connectivity index (χ0n) is 27.6. The summed E-state index contributed by atoms with van der Waals surface area (Å²) in [6, 6.07) is 11.2. The lowest BCUT2D eigenvalue weighted by molar-refractivity contribution is -0.141. The monoisotopic (exact) mass is 679 g/mol. The van der Waals surface area contributed by atoms with Gasteiger partial charge in [0.2, 0.25) is 6.79 Å². The van der Waals surface area contributed by atoms with E-state index in [1.54, 1.807) is 30.3 Å². The fourth-order valence-electron chi connectivity index (χ4n) is 4.64. The van der Waals surface area contributed by atoms with Crippen molar-refractivity contribution in [2.24, 2.45) is 5.73 Å². The number of hydrogen-bond donors (Lipinski definition) is 2. The Morgan fingerprint density at radius 2 is 1.73 bits per heavy atom. The quantitative estimate of drug-likeness (QED) is 0.0521. The molecule has 260 valence electrons. The maximum atomic E-state index is 16.3. The van der Waals surface area contributed by atoms with Gasteiger partial charge in [-0.1, -0.05) is 38.1 Å². The second-order valence-corrected chi connectivity index (χ2v) is 10.5. The number of nitrogens with two attached hydrogens (primary N) is 1. The minimum atomic E-state index is -0.914. The van der Waals surface area contributed by atoms with Crippen LogP contribution in [-0.2, 0) is 25.4 Å². The molecule has 0 aliphatic carbocycles. The van der Waals surface area contributed by atoms with Crippen LogP contribution in [0.5, 0.6) is 17.5 Å². The molecule has 0 fully saturated rings. The molecule has 4 rings (SSSR count). The standard InChI is InChI=1S/C33H38FN7O8/c1-5-23(6-2)49-33(43)48-19-47-32-39-30(40-41(32)31-37-12-7-13-38-31)26(16-21-8-10-22(11-9-21)29(35)36)25-17-24(44-4)18-27(28(25)34)46-15-14-45-20(3)42/h7-13,17-18,23,26H,5-6,14-16,19H2,1-4H3,(H3,35,36)/t26-/m1/s1. The topological polar surface area (TPSA) is 196 Å². The highest BCUT2D eigenvalue weighted by Crippen LogP contribution is 2.37. The van der Waals surface area contributed by atoms with E-state index in [4.69, 9.17) is 39.6 Å². The number of nitrogens with zero attached hydrogens (tertiary/aromatic N) is 5. The molecule has 3 N–H and O–H groups in total. The number of nitrogens with one attached hydrogen (secondary N) is 1. The molecule has 2 aromatic carbocycles. The molecule has 15 nitrogen and oxygen atoms in total. The number of rotatable bonds is 17. The highest BCUT2D eigenvalue weighted by Gasteiger charge is 2.29. The first kappa shape index (κ1) is 36.0. The Hall–Kier alpha value is -5.80. The van der Waals surface area contributed by atoms with Gasteiger partial charge in [-0.3, -0.25) is 10.2 Å². The fraction of sp³-hybridized carbons (Fsp3) is 0.364. The van der Waals surface area contributed by atoms with Crippen molar-refractivity contribution in [3.63, 3.8) is 0 Å². The van der Waals surface area contributed by atoms with Crippen molar-refractivity contribution in [1.29, 1.82) is 5.41 Å². The number of methoxy groups -OCH3 is 1. The van der Waals surface area contributed by atoms with Crippen molar-refractivity contribution >= 4 is 18.0 Å². The van der Waals surface area contributed by atoms with Gasteiger partial charge >= 0.3 is 18.1 Å². The van der Waals surface area contributed by atoms with E-state index in [0.29, 0.717) is 18.4 Å². The number of carbonyl (C=O) groups excluding carboxylic acids is 2. The Morgan fingerprint density at radius 1 is 1.02 bits per heavy atom. The van der Waals surface area contributed by atoms with Gasteiger partial charge in [-0.05, 0) is 37.0 Å². The summed E-state index contributed by atoms with van der Waals surface area (Å²) < 4.78 is 49.7. The summed E-state index contributed by atoms with van der Waals surface area (Å²) in [7, 11) is 1.43. The van der Waals surface area contributed by atoms with Crippen LogP contribution in [0.15, 0.2) is 54.9 Å². The van der Waals surface area contributed by atoms with Gasteiger partial charge in [0.25, 0.3) is 5.95 Å². The number of ether oxygens (including phenoxy) is 6. The van der Waals surface area contributed by atoms with Gasteiger partial charge in [0.1, 0.15) is 30.9 Å². The van der Waals surface area contributed by atoms with E-state index in [0.717, 1.165) is 5.56 Å². The van der Waals surface area contributed by atoms with Gasteiger partial charge in [-0.2, -0.15) is 4.98 Å². The third kappa shape index (κ3) is 9.85. The zero-order chi connectivity index (χ0) is 35.3. The number of carbonyl (C=O) groups is 2. The fourth-order valence-corrected chi connectivity index (χ4v) is 4.64. The van der Waals surface area contributed by atoms with E-state index in [2.05, 4.69) is 20.1 Å². The summed E-state index contributed by atoms with van der Waals surface area (Å²) in [6.45, 7) is 4.25. The third-order valence-corrected chi connectivity index (χ3v) is 7.19. The van der Waals surface area contributed by atoms with Gasteiger partial charge in [-0.25, -0.2) is 19.2 Å². The number of halogens is 1. The maximum absolute atomic E-state index is 16.3. The molecule has 0 aliphatic rings. The molecule has 0 bridgehead atoms. The molecular formula is C33H38FN7O8. The lowest BCUT2D eigenvalue weighted by atomic mass is 9.90. The van der Waals surface area contributed by atoms with Crippen LogP contribution < -0.4 is 19.9 Å². The van der Waals surface area contributed by atoms with E-state index in [1.807, 2.05) is 13.8 Å². The molecule has 2 aromatic heterocycles. The number of aromatic nitrogens is 5. The lowest BCUT2D eigenvalue weighted by Gasteiger charge is -2.19. The van der Waals surface area contributed by atoms with Crippen molar-refractivity contribution in [3.8, 4) is 23.5 Å². The SMILES string of the molecule is CCC(CC)OC(=O)OCOc1nc([C@H](Cc2ccc(C(=N)N)cc2)c2cc(OC)cc(OCCOC(C)=O)c2F)nn1-c1ncccn1. The van der Waals surface area contributed by atoms with Crippen LogP contribution in [0.3, 0.4) is 0 Å². The minimum Gasteiger partial charge on any atom is -0.497 e. The molecule has 0 unspecified atom stereocenters. The van der Waals surface area contributed by atoms with Crippen molar-refractivity contribution in [1.82, 2.24) is 24.7 Å². The van der Waals surface area contributed by atoms with E-state index < -0.39 is 30.7 Å². The predicted octanol–water partition coefficient (Wildman–Crippen LogP) is 4.48. The summed E-state index contributed by atoms with van der Waals surface area (Å²) in [5.41, 5.74) is 7.00. The highest BCUT2D eigenvalue weighted by atomic mass is 19.1. The first-order valence-electron chi connectivity index (χ1n) is 15.4. The third-order valence-electron chi connectivity index (χ3n) is 7.19. The Kier molecular flexibility index (Phi) is 12.8. The minimum absolute atomic E-state index is 0.0843. The van der Waals surface area contributed by atoms with Crippen LogP contribution in [-0.4, -0.2) is 75.9 Å². The summed E-state index contributed by atoms with van der Waals surface area (Å²) in [5.74, 6) is -1.90. The average molecular weight is 680 g/mol. The van der Waals surface area contributed by atoms with Gasteiger partial charge in [0.15, 0.2) is 17.4 Å². The number of hydrogen-bond acceptors (Lipinski definition) is 13. The predicted molar refractivity (Wildman–Crippen MR) is 172 cm³/mol. The van der Waals surface area contributed by atoms with E-state index in [9.17, 15) is 9.59 Å². The van der Waals surface area contributed by atoms with Gasteiger partial charge in [-0.15, -0.1) is 9.78 Å². The Balaban J connectivity index is 1.75. The molecule has 4 aromatic rings. The molecule has 2 heterocycles. The molecule has 0 saturated carbocycles. The largest absolute Gasteiger partial charge is 0.511 e. The van der Waals surface area contributed by atoms with Crippen molar-refractivity contribution in [2.75, 3.05) is 27.1 Å². The number of benzene rings is 2. The maximum Gasteiger partial charge on any atom is 0.511 e. The molecule has 49 heavy (non-hydrogen) atoms. The van der Waals surface area contributed by atoms with Crippen LogP contribution in [0.25, 0.3) is 5.95 Å². The second kappa shape index (κ2) is 17.4. The second-order valence-electron chi connectivity index (χ2n) is 10.5. The first-order chi connectivity index (χ1) is 23.6. The van der Waals surface area contributed by atoms with Gasteiger partial charge in [0, 0.05) is 36.5 Å². The van der Waals surface area contributed by atoms with Crippen LogP contribution in [0, 0.1) is 11.2 Å². The van der Waals surface area contributed by atoms with Crippen molar-refractivity contribution < 1.29 is 42.4 Å². The number of esters is 1. The van der Waals surface area contributed by atoms with Gasteiger partial charge < -0.3 is 34.2 Å². The number of nitrogen functional groups attached to an aromatic ring is 1. The molecule has 16 heteroatoms. The molecular weight excluding hydrogens is 641 g/mol. The normalized spacial score (nSPS) is 11.5. The highest BCUT2D eigenvalue weighted by molar-refractivity contribution is 5.94. The number of amidine groups is 1. The molecule has 0 amide bonds. The van der Waals surface area contributed by atoms with Crippen LogP contribution in [0.2, 0.25) is 0 Å². The smallest absolute Gasteiger partial charge is 0.497 e. The van der Waals surface area contributed by atoms with E-state index in [-0.39, 0.29) is 66.4 Å². The van der Waals surface area contributed by atoms with Gasteiger partial charge in [0.05, 0.1) is 13.0 Å². The van der Waals surface area contributed by atoms with Crippen LogP contribution in [0.1, 0.15) is 62.0 Å². The molecule has 1 atom stereocenters. The van der Waals surface area contributed by atoms with Crippen LogP contribution in [0.4, 0.5) is 9.18 Å². The van der Waals surface area contributed by atoms with E-state index in [1.165, 1.54) is 43.2 Å². The Morgan fingerprint density at radius 3 is 2.37 bits per heavy atom. The lowest BCUT2D eigenvalue weighted by Crippen LogP contribution is -2.20. The average Bonchev–Trinajstić information content (AvgIpc) is 3.53. The summed E-state index contributed by atoms with van der Waals surface area (Å²) in [5, 5.41) is 12.4. The van der Waals surface area contributed by atoms with Crippen molar-refractivity contribution in [3.05, 3.63) is 83.2 Å². The van der Waals surface area contributed by atoms with Crippen molar-refractivity contribution in [2.45, 2.75) is 52.1 Å². The first-order valence-corrected chi connectivity index (χ1v) is 15.4. The molecule has 0 saturated heterocycles. The van der Waals surface area contributed by atoms with Crippen LogP contribution >= 0.6 is 0 Å². The zero-order valence-corrected chi connectivity index (χ0v) is 27.6. The van der Waals surface area contributed by atoms with E-state index >= 15 is 4.39 Å². The summed E-state index contributed by atoms with van der Waals surface area (Å²) in [6.07, 6.45) is 3.16. The molecule has 0 spiro atoms. The Bertz CT molecular complexity index is 1720. The molecule has 0 aliphatic heterocycles. The Labute approximate surface area is 282 Å². The summed E-state index contributed by atoms with van der Waals surface area (Å²) >= 11 is 0. The summed E-state index contributed by atoms with van der Waals surface area (Å²) in [4.78, 5) is 36.5.